The number of hydrazone groups is 1. The predicted octanol–water partition coefficient (Wildman–Crippen LogP) is 2.82. The highest BCUT2D eigenvalue weighted by atomic mass is 15.4. The van der Waals surface area contributed by atoms with Crippen molar-refractivity contribution in [1.82, 2.24) is 5.01 Å². The summed E-state index contributed by atoms with van der Waals surface area (Å²) in [6, 6.07) is 0. The zero-order valence-electron chi connectivity index (χ0n) is 7.90. The first-order valence-electron chi connectivity index (χ1n) is 4.74. The third kappa shape index (κ3) is 1.89. The van der Waals surface area contributed by atoms with Crippen molar-refractivity contribution in [1.29, 1.82) is 0 Å². The van der Waals surface area contributed by atoms with Crippen LogP contribution in [0.25, 0.3) is 0 Å². The van der Waals surface area contributed by atoms with Crippen LogP contribution in [0.15, 0.2) is 40.8 Å². The average Bonchev–Trinajstić information content (AvgIpc) is 2.08. The molecule has 0 saturated carbocycles. The fourth-order valence-corrected chi connectivity index (χ4v) is 1.47. The van der Waals surface area contributed by atoms with E-state index in [-0.39, 0.29) is 0 Å². The maximum absolute atomic E-state index is 4.37. The van der Waals surface area contributed by atoms with E-state index >= 15 is 0 Å². The summed E-state index contributed by atoms with van der Waals surface area (Å²) in [5.41, 5.74) is 2.44. The molecule has 0 spiro atoms. The van der Waals surface area contributed by atoms with Gasteiger partial charge in [-0.15, -0.1) is 0 Å². The molecule has 0 aromatic heterocycles. The van der Waals surface area contributed by atoms with Gasteiger partial charge in [0.2, 0.25) is 0 Å². The fraction of sp³-hybridized carbons (Fsp3) is 0.364. The smallest absolute Gasteiger partial charge is 0.0605 e. The lowest BCUT2D eigenvalue weighted by atomic mass is 10.1. The van der Waals surface area contributed by atoms with Crippen molar-refractivity contribution in [2.75, 3.05) is 0 Å². The van der Waals surface area contributed by atoms with Gasteiger partial charge in [0.25, 0.3) is 0 Å². The number of hydrogen-bond donors (Lipinski definition) is 0. The molecule has 68 valence electrons. The Morgan fingerprint density at radius 2 is 2.23 bits per heavy atom. The van der Waals surface area contributed by atoms with Crippen molar-refractivity contribution in [2.24, 2.45) is 5.10 Å². The summed E-state index contributed by atoms with van der Waals surface area (Å²) in [5, 5.41) is 6.32. The van der Waals surface area contributed by atoms with Gasteiger partial charge in [0.1, 0.15) is 0 Å². The van der Waals surface area contributed by atoms with Gasteiger partial charge < -0.3 is 0 Å². The van der Waals surface area contributed by atoms with Crippen LogP contribution in [0.4, 0.5) is 0 Å². The molecule has 0 fully saturated rings. The Morgan fingerprint density at radius 1 is 1.31 bits per heavy atom. The summed E-state index contributed by atoms with van der Waals surface area (Å²) in [6.07, 6.45) is 14.0. The Hall–Kier alpha value is -1.31. The van der Waals surface area contributed by atoms with Crippen LogP contribution in [0.3, 0.4) is 0 Å². The van der Waals surface area contributed by atoms with Crippen molar-refractivity contribution >= 4 is 6.21 Å². The summed E-state index contributed by atoms with van der Waals surface area (Å²) in [5.74, 6) is 0. The highest BCUT2D eigenvalue weighted by Gasteiger charge is 2.07. The molecule has 0 N–H and O–H groups in total. The van der Waals surface area contributed by atoms with Gasteiger partial charge in [-0.25, -0.2) is 5.01 Å². The van der Waals surface area contributed by atoms with E-state index in [1.165, 1.54) is 17.7 Å². The van der Waals surface area contributed by atoms with Gasteiger partial charge in [0.15, 0.2) is 0 Å². The summed E-state index contributed by atoms with van der Waals surface area (Å²) in [6.45, 7) is 2.08. The molecule has 0 bridgehead atoms. The van der Waals surface area contributed by atoms with Crippen LogP contribution in [-0.2, 0) is 0 Å². The lowest BCUT2D eigenvalue weighted by Crippen LogP contribution is -2.12. The first-order chi connectivity index (χ1) is 6.36. The van der Waals surface area contributed by atoms with E-state index in [2.05, 4.69) is 36.5 Å². The van der Waals surface area contributed by atoms with Crippen LogP contribution in [-0.4, -0.2) is 11.2 Å². The molecule has 2 aliphatic heterocycles. The molecule has 0 aromatic carbocycles. The topological polar surface area (TPSA) is 15.6 Å². The van der Waals surface area contributed by atoms with Crippen LogP contribution in [0.2, 0.25) is 0 Å². The van der Waals surface area contributed by atoms with Crippen LogP contribution < -0.4 is 0 Å². The lowest BCUT2D eigenvalue weighted by molar-refractivity contribution is 0.499. The summed E-state index contributed by atoms with van der Waals surface area (Å²) < 4.78 is 0. The summed E-state index contributed by atoms with van der Waals surface area (Å²) in [4.78, 5) is 0. The number of nitrogens with zero attached hydrogens (tertiary/aromatic N) is 2. The maximum Gasteiger partial charge on any atom is 0.0605 e. The molecule has 0 amide bonds. The quantitative estimate of drug-likeness (QED) is 0.551. The largest absolute Gasteiger partial charge is 0.241 e. The second-order valence-corrected chi connectivity index (χ2v) is 3.41. The Balaban J connectivity index is 2.27. The monoisotopic (exact) mass is 174 g/mol. The van der Waals surface area contributed by atoms with Crippen molar-refractivity contribution in [3.63, 3.8) is 0 Å². The van der Waals surface area contributed by atoms with Crippen molar-refractivity contribution in [3.8, 4) is 0 Å². The molecule has 2 heterocycles. The first kappa shape index (κ1) is 8.30. The van der Waals surface area contributed by atoms with Gasteiger partial charge >= 0.3 is 0 Å². The molecule has 0 radical (unpaired) electrons. The number of fused-ring (bicyclic) bond motifs is 1. The predicted molar refractivity (Wildman–Crippen MR) is 55.2 cm³/mol. The van der Waals surface area contributed by atoms with Gasteiger partial charge in [-0.3, -0.25) is 0 Å². The number of hydrogen-bond acceptors (Lipinski definition) is 2. The molecule has 2 aliphatic rings. The molecule has 13 heavy (non-hydrogen) atoms. The van der Waals surface area contributed by atoms with Crippen LogP contribution in [0.5, 0.6) is 0 Å². The minimum atomic E-state index is 1.08. The number of rotatable bonds is 0. The van der Waals surface area contributed by atoms with E-state index in [1.807, 2.05) is 11.2 Å². The molecule has 0 aromatic rings. The van der Waals surface area contributed by atoms with E-state index in [0.717, 1.165) is 12.8 Å². The zero-order chi connectivity index (χ0) is 9.10. The van der Waals surface area contributed by atoms with Crippen molar-refractivity contribution < 1.29 is 0 Å². The van der Waals surface area contributed by atoms with E-state index < -0.39 is 0 Å². The van der Waals surface area contributed by atoms with E-state index in [1.54, 1.807) is 0 Å². The van der Waals surface area contributed by atoms with E-state index in [9.17, 15) is 0 Å². The molecular weight excluding hydrogens is 160 g/mol. The van der Waals surface area contributed by atoms with Gasteiger partial charge in [-0.2, -0.15) is 5.10 Å². The second kappa shape index (κ2) is 3.60. The Morgan fingerprint density at radius 3 is 3.15 bits per heavy atom. The Labute approximate surface area is 78.9 Å². The lowest BCUT2D eigenvalue weighted by Gasteiger charge is -2.21. The average molecular weight is 174 g/mol. The third-order valence-corrected chi connectivity index (χ3v) is 2.20. The highest BCUT2D eigenvalue weighted by molar-refractivity contribution is 5.57. The van der Waals surface area contributed by atoms with Crippen LogP contribution >= 0.6 is 0 Å². The van der Waals surface area contributed by atoms with Crippen molar-refractivity contribution in [2.45, 2.75) is 26.2 Å². The Bertz CT molecular complexity index is 308. The maximum atomic E-state index is 4.37. The zero-order valence-corrected chi connectivity index (χ0v) is 7.90. The molecule has 0 saturated heterocycles. The van der Waals surface area contributed by atoms with E-state index in [0.29, 0.717) is 0 Å². The Kier molecular flexibility index (Phi) is 2.30. The number of allylic oxidation sites excluding steroid dienone is 4. The molecule has 2 rings (SSSR count). The molecule has 0 unspecified atom stereocenters. The van der Waals surface area contributed by atoms with Gasteiger partial charge in [0.05, 0.1) is 5.70 Å². The fourth-order valence-electron chi connectivity index (χ4n) is 1.47. The molecule has 2 heteroatoms. The molecule has 2 nitrogen and oxygen atoms in total. The normalized spacial score (nSPS) is 27.9. The first-order valence-corrected chi connectivity index (χ1v) is 4.74. The SMILES string of the molecule is CC1=CN2/N=C\CCC/C=C\2C=C1. The summed E-state index contributed by atoms with van der Waals surface area (Å²) >= 11 is 0. The molecule has 0 atom stereocenters. The minimum Gasteiger partial charge on any atom is -0.241 e. The minimum absolute atomic E-state index is 1.08. The second-order valence-electron chi connectivity index (χ2n) is 3.41. The molecule has 0 aliphatic carbocycles. The van der Waals surface area contributed by atoms with Gasteiger partial charge in [-0.05, 0) is 37.8 Å². The third-order valence-electron chi connectivity index (χ3n) is 2.20. The van der Waals surface area contributed by atoms with Gasteiger partial charge in [-0.1, -0.05) is 12.2 Å². The van der Waals surface area contributed by atoms with Crippen LogP contribution in [0.1, 0.15) is 26.2 Å². The van der Waals surface area contributed by atoms with Crippen molar-refractivity contribution in [3.05, 3.63) is 35.7 Å². The van der Waals surface area contributed by atoms with Gasteiger partial charge in [0, 0.05) is 12.4 Å². The standard InChI is InChI=1S/C11H14N2/c1-10-6-7-11-5-3-2-4-8-12-13(11)9-10/h5-9H,2-4H2,1H3/b11-5-,12-8-. The van der Waals surface area contributed by atoms with E-state index in [4.69, 9.17) is 0 Å². The van der Waals surface area contributed by atoms with Crippen LogP contribution in [0, 0.1) is 0 Å². The summed E-state index contributed by atoms with van der Waals surface area (Å²) in [7, 11) is 0. The highest BCUT2D eigenvalue weighted by Crippen LogP contribution is 2.19. The molecular formula is C11H14N2.